The van der Waals surface area contributed by atoms with Crippen LogP contribution in [0.3, 0.4) is 0 Å². The number of piperidine rings is 1. The lowest BCUT2D eigenvalue weighted by Gasteiger charge is -2.32. The molecule has 6 heteroatoms. The Labute approximate surface area is 160 Å². The number of rotatable bonds is 7. The Morgan fingerprint density at radius 2 is 1.93 bits per heavy atom. The smallest absolute Gasteiger partial charge is 0.253 e. The van der Waals surface area contributed by atoms with Crippen LogP contribution in [0.1, 0.15) is 55.8 Å². The molecule has 2 N–H and O–H groups in total. The van der Waals surface area contributed by atoms with Crippen LogP contribution in [0.4, 0.5) is 5.69 Å². The molecule has 0 radical (unpaired) electrons. The van der Waals surface area contributed by atoms with Crippen molar-refractivity contribution >= 4 is 23.4 Å². The number of amides is 3. The summed E-state index contributed by atoms with van der Waals surface area (Å²) in [5.74, 6) is -0.0212. The summed E-state index contributed by atoms with van der Waals surface area (Å²) in [6, 6.07) is 7.08. The number of nitrogens with one attached hydrogen (secondary N) is 2. The fraction of sp³-hybridized carbons (Fsp3) is 0.571. The van der Waals surface area contributed by atoms with Gasteiger partial charge in [-0.25, -0.2) is 0 Å². The number of hydrogen-bond donors (Lipinski definition) is 2. The van der Waals surface area contributed by atoms with E-state index >= 15 is 0 Å². The Morgan fingerprint density at radius 1 is 1.11 bits per heavy atom. The molecule has 146 valence electrons. The molecule has 1 aromatic rings. The topological polar surface area (TPSA) is 78.5 Å². The summed E-state index contributed by atoms with van der Waals surface area (Å²) in [6.07, 6.45) is 5.55. The van der Waals surface area contributed by atoms with Gasteiger partial charge >= 0.3 is 0 Å². The van der Waals surface area contributed by atoms with Crippen LogP contribution < -0.4 is 10.6 Å². The zero-order chi connectivity index (χ0) is 19.2. The van der Waals surface area contributed by atoms with Gasteiger partial charge in [-0.1, -0.05) is 19.4 Å². The van der Waals surface area contributed by atoms with E-state index < -0.39 is 0 Å². The van der Waals surface area contributed by atoms with Gasteiger partial charge in [0.1, 0.15) is 0 Å². The van der Waals surface area contributed by atoms with Crippen molar-refractivity contribution in [1.82, 2.24) is 10.2 Å². The van der Waals surface area contributed by atoms with Crippen molar-refractivity contribution in [1.29, 1.82) is 0 Å². The predicted molar refractivity (Wildman–Crippen MR) is 104 cm³/mol. The lowest BCUT2D eigenvalue weighted by atomic mass is 9.96. The minimum Gasteiger partial charge on any atom is -0.356 e. The van der Waals surface area contributed by atoms with Crippen molar-refractivity contribution in [3.8, 4) is 0 Å². The highest BCUT2D eigenvalue weighted by molar-refractivity contribution is 5.98. The molecule has 1 aliphatic heterocycles. The maximum absolute atomic E-state index is 12.9. The highest BCUT2D eigenvalue weighted by Crippen LogP contribution is 2.30. The maximum atomic E-state index is 12.9. The van der Waals surface area contributed by atoms with Crippen LogP contribution in [0.5, 0.6) is 0 Å². The molecule has 3 rings (SSSR count). The first-order valence-corrected chi connectivity index (χ1v) is 10.1. The second-order valence-electron chi connectivity index (χ2n) is 7.58. The van der Waals surface area contributed by atoms with Crippen LogP contribution in [0.25, 0.3) is 0 Å². The summed E-state index contributed by atoms with van der Waals surface area (Å²) in [4.78, 5) is 38.9. The molecule has 1 heterocycles. The van der Waals surface area contributed by atoms with Gasteiger partial charge in [0.05, 0.1) is 5.92 Å². The minimum absolute atomic E-state index is 0.0291. The number of carbonyl (C=O) groups is 3. The summed E-state index contributed by atoms with van der Waals surface area (Å²) in [5, 5.41) is 5.86. The van der Waals surface area contributed by atoms with Gasteiger partial charge in [-0.15, -0.1) is 0 Å². The lowest BCUT2D eigenvalue weighted by molar-refractivity contribution is -0.126. The van der Waals surface area contributed by atoms with Gasteiger partial charge in [0.2, 0.25) is 11.8 Å². The molecule has 1 aliphatic carbocycles. The van der Waals surface area contributed by atoms with Crippen LogP contribution in [0.15, 0.2) is 24.3 Å². The number of hydrogen-bond acceptors (Lipinski definition) is 3. The second kappa shape index (κ2) is 9.02. The van der Waals surface area contributed by atoms with E-state index in [1.807, 2.05) is 0 Å². The normalized spacial score (nSPS) is 19.4. The van der Waals surface area contributed by atoms with E-state index in [-0.39, 0.29) is 29.6 Å². The molecule has 27 heavy (non-hydrogen) atoms. The molecule has 1 saturated carbocycles. The summed E-state index contributed by atoms with van der Waals surface area (Å²) in [6.45, 7) is 3.91. The highest BCUT2D eigenvalue weighted by Gasteiger charge is 2.30. The molecule has 3 amide bonds. The van der Waals surface area contributed by atoms with Gasteiger partial charge < -0.3 is 15.5 Å². The maximum Gasteiger partial charge on any atom is 0.253 e. The molecule has 1 unspecified atom stereocenters. The predicted octanol–water partition coefficient (Wildman–Crippen LogP) is 2.80. The van der Waals surface area contributed by atoms with Crippen molar-refractivity contribution in [2.75, 3.05) is 25.0 Å². The standard InChI is InChI=1S/C21H29N3O3/c1-2-3-11-22-19(25)17-7-5-12-24(14-17)21(27)16-6-4-8-18(13-16)23-20(26)15-9-10-15/h4,6,8,13,15,17H,2-3,5,7,9-12,14H2,1H3,(H,22,25)(H,23,26). The van der Waals surface area contributed by atoms with E-state index in [1.165, 1.54) is 0 Å². The molecule has 2 fully saturated rings. The molecular weight excluding hydrogens is 342 g/mol. The average Bonchev–Trinajstić information content (AvgIpc) is 3.53. The fourth-order valence-electron chi connectivity index (χ4n) is 3.41. The highest BCUT2D eigenvalue weighted by atomic mass is 16.2. The summed E-state index contributed by atoms with van der Waals surface area (Å²) >= 11 is 0. The third kappa shape index (κ3) is 5.31. The Kier molecular flexibility index (Phi) is 6.48. The van der Waals surface area contributed by atoms with E-state index in [2.05, 4.69) is 17.6 Å². The van der Waals surface area contributed by atoms with Gasteiger partial charge in [0.15, 0.2) is 0 Å². The molecule has 2 aliphatic rings. The van der Waals surface area contributed by atoms with Crippen LogP contribution in [-0.4, -0.2) is 42.3 Å². The number of unbranched alkanes of at least 4 members (excludes halogenated alkanes) is 1. The minimum atomic E-state index is -0.141. The van der Waals surface area contributed by atoms with Gasteiger partial charge in [-0.05, 0) is 50.3 Å². The number of carbonyl (C=O) groups excluding carboxylic acids is 3. The first-order valence-electron chi connectivity index (χ1n) is 10.1. The Bertz CT molecular complexity index is 700. The molecule has 0 spiro atoms. The number of nitrogens with zero attached hydrogens (tertiary/aromatic N) is 1. The van der Waals surface area contributed by atoms with Crippen molar-refractivity contribution in [2.45, 2.75) is 45.4 Å². The van der Waals surface area contributed by atoms with Gasteiger partial charge in [0.25, 0.3) is 5.91 Å². The molecule has 6 nitrogen and oxygen atoms in total. The van der Waals surface area contributed by atoms with Crippen molar-refractivity contribution < 1.29 is 14.4 Å². The first-order chi connectivity index (χ1) is 13.1. The Balaban J connectivity index is 1.59. The van der Waals surface area contributed by atoms with Crippen LogP contribution in [-0.2, 0) is 9.59 Å². The molecule has 0 aromatic heterocycles. The quantitative estimate of drug-likeness (QED) is 0.724. The van der Waals surface area contributed by atoms with Gasteiger partial charge in [-0.2, -0.15) is 0 Å². The number of likely N-dealkylation sites (tertiary alicyclic amines) is 1. The van der Waals surface area contributed by atoms with Gasteiger partial charge in [-0.3, -0.25) is 14.4 Å². The van der Waals surface area contributed by atoms with E-state index in [9.17, 15) is 14.4 Å². The molecule has 0 bridgehead atoms. The van der Waals surface area contributed by atoms with Crippen LogP contribution >= 0.6 is 0 Å². The Morgan fingerprint density at radius 3 is 2.67 bits per heavy atom. The van der Waals surface area contributed by atoms with E-state index in [1.54, 1.807) is 29.2 Å². The zero-order valence-electron chi connectivity index (χ0n) is 16.0. The fourth-order valence-corrected chi connectivity index (χ4v) is 3.41. The van der Waals surface area contributed by atoms with E-state index in [4.69, 9.17) is 0 Å². The van der Waals surface area contributed by atoms with Crippen molar-refractivity contribution in [2.24, 2.45) is 11.8 Å². The molecule has 1 saturated heterocycles. The van der Waals surface area contributed by atoms with Gasteiger partial charge in [0, 0.05) is 36.8 Å². The number of anilines is 1. The van der Waals surface area contributed by atoms with E-state index in [0.717, 1.165) is 38.5 Å². The molecular formula is C21H29N3O3. The molecule has 1 aromatic carbocycles. The summed E-state index contributed by atoms with van der Waals surface area (Å²) in [5.41, 5.74) is 1.21. The SMILES string of the molecule is CCCCNC(=O)C1CCCN(C(=O)c2cccc(NC(=O)C3CC3)c2)C1. The lowest BCUT2D eigenvalue weighted by Crippen LogP contribution is -2.45. The van der Waals surface area contributed by atoms with Crippen molar-refractivity contribution in [3.05, 3.63) is 29.8 Å². The summed E-state index contributed by atoms with van der Waals surface area (Å²) < 4.78 is 0. The largest absolute Gasteiger partial charge is 0.356 e. The number of benzene rings is 1. The Hall–Kier alpha value is -2.37. The monoisotopic (exact) mass is 371 g/mol. The summed E-state index contributed by atoms with van der Waals surface area (Å²) in [7, 11) is 0. The second-order valence-corrected chi connectivity index (χ2v) is 7.58. The third-order valence-electron chi connectivity index (χ3n) is 5.23. The first kappa shape index (κ1) is 19.4. The third-order valence-corrected chi connectivity index (χ3v) is 5.23. The van der Waals surface area contributed by atoms with Crippen LogP contribution in [0, 0.1) is 11.8 Å². The zero-order valence-corrected chi connectivity index (χ0v) is 16.0. The van der Waals surface area contributed by atoms with Crippen molar-refractivity contribution in [3.63, 3.8) is 0 Å². The average molecular weight is 371 g/mol. The molecule has 1 atom stereocenters. The van der Waals surface area contributed by atoms with Crippen LogP contribution in [0.2, 0.25) is 0 Å². The van der Waals surface area contributed by atoms with E-state index in [0.29, 0.717) is 30.9 Å².